The number of ketones is 1. The Hall–Kier alpha value is -4.06. The van der Waals surface area contributed by atoms with Crippen LogP contribution in [0, 0.1) is 17.5 Å². The highest BCUT2D eigenvalue weighted by Gasteiger charge is 2.17. The highest BCUT2D eigenvalue weighted by molar-refractivity contribution is 7.22. The Kier molecular flexibility index (Phi) is 8.77. The third-order valence-electron chi connectivity index (χ3n) is 6.49. The van der Waals surface area contributed by atoms with Gasteiger partial charge in [-0.2, -0.15) is 0 Å². The monoisotopic (exact) mass is 580 g/mol. The lowest BCUT2D eigenvalue weighted by atomic mass is 10.0. The van der Waals surface area contributed by atoms with Gasteiger partial charge in [0.05, 0.1) is 33.6 Å². The first-order valence-corrected chi connectivity index (χ1v) is 13.6. The number of Topliss-reactive ketones (excluding diaryl/α,β-unsaturated/α-hetero) is 1. The fraction of sp³-hybridized carbons (Fsp3) is 0.233. The Bertz CT molecular complexity index is 1700. The van der Waals surface area contributed by atoms with Crippen LogP contribution in [-0.2, 0) is 36.0 Å². The number of ether oxygens (including phenoxy) is 2. The number of benzene rings is 2. The summed E-state index contributed by atoms with van der Waals surface area (Å²) in [7, 11) is 3.61. The van der Waals surface area contributed by atoms with E-state index in [1.165, 1.54) is 29.5 Å². The molecule has 3 aromatic heterocycles. The van der Waals surface area contributed by atoms with E-state index in [4.69, 9.17) is 9.47 Å². The number of methoxy groups -OCH3 is 1. The number of nitrogens with one attached hydrogen (secondary N) is 1. The van der Waals surface area contributed by atoms with Crippen LogP contribution in [0.1, 0.15) is 16.8 Å². The van der Waals surface area contributed by atoms with E-state index in [2.05, 4.69) is 15.3 Å². The molecule has 0 aliphatic heterocycles. The maximum atomic E-state index is 15.0. The smallest absolute Gasteiger partial charge is 0.166 e. The molecule has 5 rings (SSSR count). The molecule has 0 fully saturated rings. The van der Waals surface area contributed by atoms with E-state index in [0.717, 1.165) is 39.8 Å². The zero-order valence-corrected chi connectivity index (χ0v) is 23.2. The molecule has 0 unspecified atom stereocenters. The lowest BCUT2D eigenvalue weighted by Crippen LogP contribution is -2.20. The van der Waals surface area contributed by atoms with Crippen LogP contribution in [0.3, 0.4) is 0 Å². The number of hydrogen-bond donors (Lipinski definition) is 1. The summed E-state index contributed by atoms with van der Waals surface area (Å²) >= 11 is 1.44. The normalized spacial score (nSPS) is 11.3. The standard InChI is InChI=1S/C30H27F3N4O3S/c1-37-21(16-34-9-10-39-2)17-36-30(37)28-15-25-29(41-28)27(7-8-35-25)40-26-6-3-18(12-24(26)33)11-22(38)13-19-4-5-20(31)14-23(19)32/h3-8,12,14-15,17,34H,9-11,13,16H2,1-2H3. The molecule has 0 amide bonds. The summed E-state index contributed by atoms with van der Waals surface area (Å²) in [5.74, 6) is -1.25. The second-order valence-electron chi connectivity index (χ2n) is 9.43. The van der Waals surface area contributed by atoms with Crippen LogP contribution in [0.5, 0.6) is 11.5 Å². The molecule has 0 bridgehead atoms. The third kappa shape index (κ3) is 6.64. The number of thiophene rings is 1. The Morgan fingerprint density at radius 2 is 1.85 bits per heavy atom. The van der Waals surface area contributed by atoms with E-state index in [1.54, 1.807) is 25.4 Å². The summed E-state index contributed by atoms with van der Waals surface area (Å²) in [5.41, 5.74) is 2.22. The number of carbonyl (C=O) groups is 1. The summed E-state index contributed by atoms with van der Waals surface area (Å²) in [4.78, 5) is 22.4. The number of rotatable bonds is 12. The van der Waals surface area contributed by atoms with Gasteiger partial charge in [-0.3, -0.25) is 9.78 Å². The van der Waals surface area contributed by atoms with Gasteiger partial charge in [-0.05, 0) is 35.4 Å². The zero-order valence-electron chi connectivity index (χ0n) is 22.4. The molecule has 3 heterocycles. The van der Waals surface area contributed by atoms with E-state index in [1.807, 2.05) is 23.9 Å². The summed E-state index contributed by atoms with van der Waals surface area (Å²) in [5, 5.41) is 3.31. The Balaban J connectivity index is 1.29. The van der Waals surface area contributed by atoms with Gasteiger partial charge >= 0.3 is 0 Å². The lowest BCUT2D eigenvalue weighted by Gasteiger charge is -2.09. The summed E-state index contributed by atoms with van der Waals surface area (Å²) in [6, 6.07) is 10.9. The van der Waals surface area contributed by atoms with Gasteiger partial charge in [-0.15, -0.1) is 11.3 Å². The van der Waals surface area contributed by atoms with Crippen molar-refractivity contribution in [3.05, 3.63) is 95.2 Å². The van der Waals surface area contributed by atoms with Crippen LogP contribution in [-0.4, -0.2) is 40.6 Å². The van der Waals surface area contributed by atoms with Crippen molar-refractivity contribution in [2.24, 2.45) is 7.05 Å². The van der Waals surface area contributed by atoms with Crippen LogP contribution >= 0.6 is 11.3 Å². The van der Waals surface area contributed by atoms with Crippen LogP contribution in [0.25, 0.3) is 20.9 Å². The number of carbonyl (C=O) groups excluding carboxylic acids is 1. The fourth-order valence-electron chi connectivity index (χ4n) is 4.36. The van der Waals surface area contributed by atoms with Crippen LogP contribution in [0.15, 0.2) is 60.9 Å². The van der Waals surface area contributed by atoms with Crippen molar-refractivity contribution in [1.82, 2.24) is 19.9 Å². The first-order valence-electron chi connectivity index (χ1n) is 12.8. The van der Waals surface area contributed by atoms with Gasteiger partial charge in [0.2, 0.25) is 0 Å². The first kappa shape index (κ1) is 28.5. The minimum absolute atomic E-state index is 0.00496. The Morgan fingerprint density at radius 1 is 1.00 bits per heavy atom. The maximum absolute atomic E-state index is 15.0. The number of aromatic nitrogens is 3. The summed E-state index contributed by atoms with van der Waals surface area (Å²) in [6.07, 6.45) is 3.10. The molecule has 0 atom stereocenters. The van der Waals surface area contributed by atoms with Gasteiger partial charge in [-0.25, -0.2) is 18.2 Å². The molecular formula is C30H27F3N4O3S. The average Bonchev–Trinajstić information content (AvgIpc) is 3.53. The molecule has 5 aromatic rings. The van der Waals surface area contributed by atoms with E-state index >= 15 is 4.39 Å². The average molecular weight is 581 g/mol. The van der Waals surface area contributed by atoms with E-state index in [0.29, 0.717) is 30.0 Å². The molecule has 2 aromatic carbocycles. The third-order valence-corrected chi connectivity index (χ3v) is 7.62. The number of hydrogen-bond acceptors (Lipinski definition) is 7. The van der Waals surface area contributed by atoms with Crippen molar-refractivity contribution >= 4 is 27.3 Å². The van der Waals surface area contributed by atoms with Crippen molar-refractivity contribution in [3.8, 4) is 22.2 Å². The summed E-state index contributed by atoms with van der Waals surface area (Å²) in [6.45, 7) is 2.00. The zero-order chi connectivity index (χ0) is 28.9. The van der Waals surface area contributed by atoms with Crippen molar-refractivity contribution in [2.45, 2.75) is 19.4 Å². The minimum atomic E-state index is -0.785. The Labute approximate surface area is 238 Å². The number of pyridine rings is 1. The Morgan fingerprint density at radius 3 is 2.63 bits per heavy atom. The number of halogens is 3. The quantitative estimate of drug-likeness (QED) is 0.183. The number of nitrogens with zero attached hydrogens (tertiary/aromatic N) is 3. The molecule has 0 radical (unpaired) electrons. The van der Waals surface area contributed by atoms with Gasteiger partial charge in [0.15, 0.2) is 11.6 Å². The van der Waals surface area contributed by atoms with Gasteiger partial charge in [0.25, 0.3) is 0 Å². The topological polar surface area (TPSA) is 78.3 Å². The van der Waals surface area contributed by atoms with E-state index < -0.39 is 17.5 Å². The number of fused-ring (bicyclic) bond motifs is 1. The number of imidazole rings is 1. The largest absolute Gasteiger partial charge is 0.453 e. The highest BCUT2D eigenvalue weighted by atomic mass is 32.1. The maximum Gasteiger partial charge on any atom is 0.166 e. The molecule has 0 aliphatic carbocycles. The predicted molar refractivity (Wildman–Crippen MR) is 151 cm³/mol. The van der Waals surface area contributed by atoms with E-state index in [9.17, 15) is 13.6 Å². The van der Waals surface area contributed by atoms with Crippen LogP contribution < -0.4 is 10.1 Å². The lowest BCUT2D eigenvalue weighted by molar-refractivity contribution is -0.117. The van der Waals surface area contributed by atoms with Crippen LogP contribution in [0.2, 0.25) is 0 Å². The minimum Gasteiger partial charge on any atom is -0.453 e. The molecule has 0 saturated heterocycles. The molecule has 212 valence electrons. The van der Waals surface area contributed by atoms with Crippen LogP contribution in [0.4, 0.5) is 13.2 Å². The molecule has 1 N–H and O–H groups in total. The predicted octanol–water partition coefficient (Wildman–Crippen LogP) is 6.00. The van der Waals surface area contributed by atoms with Crippen molar-refractivity contribution in [3.63, 3.8) is 0 Å². The molecule has 0 spiro atoms. The summed E-state index contributed by atoms with van der Waals surface area (Å²) < 4.78 is 55.8. The fourth-order valence-corrected chi connectivity index (χ4v) is 5.46. The van der Waals surface area contributed by atoms with Gasteiger partial charge in [0, 0.05) is 58.4 Å². The second kappa shape index (κ2) is 12.6. The van der Waals surface area contributed by atoms with Crippen molar-refractivity contribution in [1.29, 1.82) is 0 Å². The first-order chi connectivity index (χ1) is 19.8. The second-order valence-corrected chi connectivity index (χ2v) is 10.5. The van der Waals surface area contributed by atoms with Gasteiger partial charge < -0.3 is 19.4 Å². The molecular weight excluding hydrogens is 553 g/mol. The molecule has 0 saturated carbocycles. The van der Waals surface area contributed by atoms with Gasteiger partial charge in [-0.1, -0.05) is 12.1 Å². The van der Waals surface area contributed by atoms with E-state index in [-0.39, 0.29) is 29.9 Å². The van der Waals surface area contributed by atoms with Gasteiger partial charge in [0.1, 0.15) is 29.0 Å². The SMILES string of the molecule is COCCNCc1cnc(-c2cc3nccc(Oc4ccc(CC(=O)Cc5ccc(F)cc5F)cc4F)c3s2)n1C. The molecule has 11 heteroatoms. The molecule has 0 aliphatic rings. The molecule has 41 heavy (non-hydrogen) atoms. The highest BCUT2D eigenvalue weighted by Crippen LogP contribution is 2.39. The molecule has 7 nitrogen and oxygen atoms in total. The van der Waals surface area contributed by atoms with Crippen molar-refractivity contribution < 1.29 is 27.4 Å². The van der Waals surface area contributed by atoms with Crippen molar-refractivity contribution in [2.75, 3.05) is 20.3 Å².